The minimum Gasteiger partial charge on any atom is -0.390 e. The Morgan fingerprint density at radius 2 is 1.82 bits per heavy atom. The fraction of sp³-hybridized carbons (Fsp3) is 0.538. The Balaban J connectivity index is 2.69. The second kappa shape index (κ2) is 6.07. The van der Waals surface area contributed by atoms with E-state index in [1.165, 1.54) is 0 Å². The molecule has 0 saturated carbocycles. The summed E-state index contributed by atoms with van der Waals surface area (Å²) < 4.78 is 26.0. The van der Waals surface area contributed by atoms with Gasteiger partial charge in [-0.2, -0.15) is 0 Å². The summed E-state index contributed by atoms with van der Waals surface area (Å²) in [7, 11) is 0. The van der Waals surface area contributed by atoms with Gasteiger partial charge in [-0.1, -0.05) is 44.2 Å². The monoisotopic (exact) mass is 243 g/mol. The third-order valence-corrected chi connectivity index (χ3v) is 2.64. The quantitative estimate of drug-likeness (QED) is 0.805. The van der Waals surface area contributed by atoms with Crippen LogP contribution in [0.3, 0.4) is 0 Å². The van der Waals surface area contributed by atoms with Crippen molar-refractivity contribution in [1.29, 1.82) is 0 Å². The van der Waals surface area contributed by atoms with Crippen LogP contribution in [0.25, 0.3) is 0 Å². The van der Waals surface area contributed by atoms with Gasteiger partial charge in [0.2, 0.25) is 0 Å². The maximum atomic E-state index is 13.0. The summed E-state index contributed by atoms with van der Waals surface area (Å²) in [6.45, 7) is 2.31. The van der Waals surface area contributed by atoms with Crippen LogP contribution in [-0.2, 0) is 0 Å². The molecule has 1 rings (SSSR count). The molecule has 0 heterocycles. The lowest BCUT2D eigenvalue weighted by Crippen LogP contribution is -2.39. The van der Waals surface area contributed by atoms with Crippen molar-refractivity contribution in [3.05, 3.63) is 35.9 Å². The molecule has 0 aliphatic rings. The van der Waals surface area contributed by atoms with E-state index in [1.54, 1.807) is 0 Å². The van der Waals surface area contributed by atoms with Gasteiger partial charge in [-0.15, -0.1) is 0 Å². The van der Waals surface area contributed by atoms with Crippen molar-refractivity contribution in [3.63, 3.8) is 0 Å². The Kier molecular flexibility index (Phi) is 5.02. The molecule has 1 unspecified atom stereocenters. The van der Waals surface area contributed by atoms with Gasteiger partial charge in [0, 0.05) is 6.04 Å². The van der Waals surface area contributed by atoms with Gasteiger partial charge >= 0.3 is 0 Å². The maximum Gasteiger partial charge on any atom is 0.282 e. The summed E-state index contributed by atoms with van der Waals surface area (Å²) in [4.78, 5) is 0. The first-order valence-electron chi connectivity index (χ1n) is 5.73. The molecule has 0 saturated heterocycles. The smallest absolute Gasteiger partial charge is 0.282 e. The van der Waals surface area contributed by atoms with Crippen molar-refractivity contribution in [1.82, 2.24) is 5.32 Å². The molecule has 0 aromatic heterocycles. The van der Waals surface area contributed by atoms with Gasteiger partial charge in [0.15, 0.2) is 0 Å². The van der Waals surface area contributed by atoms with E-state index in [0.29, 0.717) is 0 Å². The number of alkyl halides is 2. The van der Waals surface area contributed by atoms with E-state index in [2.05, 4.69) is 5.32 Å². The topological polar surface area (TPSA) is 32.3 Å². The van der Waals surface area contributed by atoms with Gasteiger partial charge in [0.25, 0.3) is 5.92 Å². The SMILES string of the molecule is CC(C)C(NCC(F)(F)CO)c1ccccc1. The highest BCUT2D eigenvalue weighted by molar-refractivity contribution is 5.19. The van der Waals surface area contributed by atoms with Crippen LogP contribution in [0.1, 0.15) is 25.5 Å². The lowest BCUT2D eigenvalue weighted by molar-refractivity contribution is -0.0502. The Labute approximate surface area is 101 Å². The lowest BCUT2D eigenvalue weighted by atomic mass is 9.96. The van der Waals surface area contributed by atoms with Gasteiger partial charge in [-0.3, -0.25) is 0 Å². The maximum absolute atomic E-state index is 13.0. The molecule has 2 nitrogen and oxygen atoms in total. The van der Waals surface area contributed by atoms with E-state index in [9.17, 15) is 8.78 Å². The predicted molar refractivity (Wildman–Crippen MR) is 64.1 cm³/mol. The first-order valence-corrected chi connectivity index (χ1v) is 5.73. The van der Waals surface area contributed by atoms with Crippen LogP contribution < -0.4 is 5.32 Å². The highest BCUT2D eigenvalue weighted by Crippen LogP contribution is 2.22. The van der Waals surface area contributed by atoms with Crippen molar-refractivity contribution >= 4 is 0 Å². The summed E-state index contributed by atoms with van der Waals surface area (Å²) in [6.07, 6.45) is 0. The zero-order valence-electron chi connectivity index (χ0n) is 10.2. The Bertz CT molecular complexity index is 327. The lowest BCUT2D eigenvalue weighted by Gasteiger charge is -2.25. The van der Waals surface area contributed by atoms with E-state index in [0.717, 1.165) is 5.56 Å². The second-order valence-electron chi connectivity index (χ2n) is 4.53. The van der Waals surface area contributed by atoms with Crippen LogP contribution in [0, 0.1) is 5.92 Å². The second-order valence-corrected chi connectivity index (χ2v) is 4.53. The summed E-state index contributed by atoms with van der Waals surface area (Å²) in [5, 5.41) is 11.3. The Hall–Kier alpha value is -1.00. The Morgan fingerprint density at radius 3 is 2.29 bits per heavy atom. The highest BCUT2D eigenvalue weighted by atomic mass is 19.3. The third-order valence-electron chi connectivity index (χ3n) is 2.64. The molecular formula is C13H19F2NO. The van der Waals surface area contributed by atoms with Gasteiger partial charge in [0.05, 0.1) is 6.54 Å². The van der Waals surface area contributed by atoms with Crippen molar-refractivity contribution < 1.29 is 13.9 Å². The molecule has 1 aromatic rings. The van der Waals surface area contributed by atoms with Crippen molar-refractivity contribution in [2.45, 2.75) is 25.8 Å². The van der Waals surface area contributed by atoms with Crippen molar-refractivity contribution in [3.8, 4) is 0 Å². The fourth-order valence-electron chi connectivity index (χ4n) is 1.71. The molecule has 0 spiro atoms. The highest BCUT2D eigenvalue weighted by Gasteiger charge is 2.29. The van der Waals surface area contributed by atoms with Crippen LogP contribution >= 0.6 is 0 Å². The van der Waals surface area contributed by atoms with Gasteiger partial charge in [0.1, 0.15) is 6.61 Å². The summed E-state index contributed by atoms with van der Waals surface area (Å²) >= 11 is 0. The zero-order valence-corrected chi connectivity index (χ0v) is 10.2. The summed E-state index contributed by atoms with van der Waals surface area (Å²) in [5.41, 5.74) is 0.983. The fourth-order valence-corrected chi connectivity index (χ4v) is 1.71. The number of halogens is 2. The molecule has 2 N–H and O–H groups in total. The molecule has 0 radical (unpaired) electrons. The first kappa shape index (κ1) is 14.1. The number of aliphatic hydroxyl groups is 1. The molecule has 1 atom stereocenters. The number of hydrogen-bond acceptors (Lipinski definition) is 2. The van der Waals surface area contributed by atoms with E-state index in [1.807, 2.05) is 44.2 Å². The van der Waals surface area contributed by atoms with Gasteiger partial charge in [-0.05, 0) is 11.5 Å². The summed E-state index contributed by atoms with van der Waals surface area (Å²) in [5.74, 6) is -2.87. The zero-order chi connectivity index (χ0) is 12.9. The first-order chi connectivity index (χ1) is 7.96. The van der Waals surface area contributed by atoms with Crippen LogP contribution in [0.2, 0.25) is 0 Å². The van der Waals surface area contributed by atoms with Crippen molar-refractivity contribution in [2.24, 2.45) is 5.92 Å². The normalized spacial score (nSPS) is 14.0. The van der Waals surface area contributed by atoms with E-state index >= 15 is 0 Å². The average molecular weight is 243 g/mol. The molecular weight excluding hydrogens is 224 g/mol. The minimum atomic E-state index is -3.07. The van der Waals surface area contributed by atoms with Gasteiger partial charge in [-0.25, -0.2) is 8.78 Å². The van der Waals surface area contributed by atoms with Gasteiger partial charge < -0.3 is 10.4 Å². The van der Waals surface area contributed by atoms with E-state index in [-0.39, 0.29) is 12.0 Å². The minimum absolute atomic E-state index is 0.131. The van der Waals surface area contributed by atoms with Crippen molar-refractivity contribution in [2.75, 3.05) is 13.2 Å². The van der Waals surface area contributed by atoms with Crippen LogP contribution in [-0.4, -0.2) is 24.2 Å². The molecule has 0 amide bonds. The number of benzene rings is 1. The third kappa shape index (κ3) is 4.40. The molecule has 96 valence electrons. The largest absolute Gasteiger partial charge is 0.390 e. The number of hydrogen-bond donors (Lipinski definition) is 2. The molecule has 1 aromatic carbocycles. The number of rotatable bonds is 6. The van der Waals surface area contributed by atoms with Crippen LogP contribution in [0.4, 0.5) is 8.78 Å². The molecule has 0 aliphatic carbocycles. The predicted octanol–water partition coefficient (Wildman–Crippen LogP) is 2.60. The average Bonchev–Trinajstić information content (AvgIpc) is 2.30. The van der Waals surface area contributed by atoms with Crippen LogP contribution in [0.5, 0.6) is 0 Å². The molecule has 0 fully saturated rings. The Morgan fingerprint density at radius 1 is 1.24 bits per heavy atom. The molecule has 0 bridgehead atoms. The molecule has 17 heavy (non-hydrogen) atoms. The molecule has 4 heteroatoms. The summed E-state index contributed by atoms with van der Waals surface area (Å²) in [6, 6.07) is 9.36. The molecule has 0 aliphatic heterocycles. The van der Waals surface area contributed by atoms with Crippen LogP contribution in [0.15, 0.2) is 30.3 Å². The van der Waals surface area contributed by atoms with E-state index in [4.69, 9.17) is 5.11 Å². The van der Waals surface area contributed by atoms with E-state index < -0.39 is 19.1 Å². The number of aliphatic hydroxyl groups excluding tert-OH is 1. The number of nitrogens with one attached hydrogen (secondary N) is 1. The standard InChI is InChI=1S/C13H19F2NO/c1-10(2)12(11-6-4-3-5-7-11)16-8-13(14,15)9-17/h3-7,10,12,16-17H,8-9H2,1-2H3.